The van der Waals surface area contributed by atoms with Crippen molar-refractivity contribution < 1.29 is 19.8 Å². The van der Waals surface area contributed by atoms with Gasteiger partial charge in [-0.3, -0.25) is 0 Å². The lowest BCUT2D eigenvalue weighted by atomic mass is 9.92. The van der Waals surface area contributed by atoms with Gasteiger partial charge < -0.3 is 15.5 Å². The number of nitrogens with zero attached hydrogens (tertiary/aromatic N) is 1. The molecule has 1 aromatic rings. The number of aliphatic carboxylic acids is 2. The maximum absolute atomic E-state index is 11.2. The van der Waals surface area contributed by atoms with E-state index in [1.165, 1.54) is 22.6 Å². The van der Waals surface area contributed by atoms with Crippen molar-refractivity contribution in [3.63, 3.8) is 0 Å². The van der Waals surface area contributed by atoms with Crippen LogP contribution in [0.4, 0.5) is 5.00 Å². The molecule has 0 saturated heterocycles. The Kier molecular flexibility index (Phi) is 3.06. The van der Waals surface area contributed by atoms with E-state index in [-0.39, 0.29) is 5.70 Å². The number of rotatable bonds is 2. The van der Waals surface area contributed by atoms with Gasteiger partial charge in [0.1, 0.15) is 5.00 Å². The van der Waals surface area contributed by atoms with E-state index < -0.39 is 17.5 Å². The van der Waals surface area contributed by atoms with Gasteiger partial charge >= 0.3 is 11.9 Å². The molecule has 0 bridgehead atoms. The number of thiophene rings is 1. The lowest BCUT2D eigenvalue weighted by Crippen LogP contribution is -2.23. The van der Waals surface area contributed by atoms with Crippen molar-refractivity contribution in [2.45, 2.75) is 25.7 Å². The first kappa shape index (κ1) is 12.9. The highest BCUT2D eigenvalue weighted by Crippen LogP contribution is 2.44. The lowest BCUT2D eigenvalue weighted by molar-refractivity contribution is -0.140. The summed E-state index contributed by atoms with van der Waals surface area (Å²) in [6.07, 6.45) is 5.28. The second-order valence-corrected chi connectivity index (χ2v) is 5.74. The van der Waals surface area contributed by atoms with Crippen molar-refractivity contribution in [2.24, 2.45) is 4.99 Å². The molecular formula is C13H12N2O4S. The van der Waals surface area contributed by atoms with Crippen LogP contribution in [0.1, 0.15) is 28.8 Å². The molecule has 1 aliphatic heterocycles. The van der Waals surface area contributed by atoms with Crippen LogP contribution in [0.25, 0.3) is 5.70 Å². The van der Waals surface area contributed by atoms with Crippen molar-refractivity contribution >= 4 is 40.3 Å². The average molecular weight is 292 g/mol. The summed E-state index contributed by atoms with van der Waals surface area (Å²) in [6, 6.07) is 0. The molecule has 0 radical (unpaired) electrons. The molecule has 1 aliphatic carbocycles. The van der Waals surface area contributed by atoms with Gasteiger partial charge in [-0.25, -0.2) is 14.6 Å². The Morgan fingerprint density at radius 2 is 1.90 bits per heavy atom. The molecule has 2 heterocycles. The highest BCUT2D eigenvalue weighted by atomic mass is 32.1. The fourth-order valence-corrected chi connectivity index (χ4v) is 3.87. The van der Waals surface area contributed by atoms with Crippen molar-refractivity contribution in [3.05, 3.63) is 21.6 Å². The molecule has 0 atom stereocenters. The first-order valence-electron chi connectivity index (χ1n) is 6.24. The summed E-state index contributed by atoms with van der Waals surface area (Å²) in [5.41, 5.74) is 1.22. The molecule has 20 heavy (non-hydrogen) atoms. The second kappa shape index (κ2) is 4.75. The van der Waals surface area contributed by atoms with Gasteiger partial charge in [0.25, 0.3) is 0 Å². The van der Waals surface area contributed by atoms with E-state index in [4.69, 9.17) is 10.2 Å². The second-order valence-electron chi connectivity index (χ2n) is 4.65. The first-order valence-corrected chi connectivity index (χ1v) is 7.06. The minimum Gasteiger partial charge on any atom is -0.477 e. The quantitative estimate of drug-likeness (QED) is 0.438. The van der Waals surface area contributed by atoms with Crippen molar-refractivity contribution in [2.75, 3.05) is 0 Å². The van der Waals surface area contributed by atoms with Crippen LogP contribution in [0.3, 0.4) is 0 Å². The van der Waals surface area contributed by atoms with Crippen LogP contribution in [0, 0.1) is 0 Å². The Labute approximate surface area is 118 Å². The predicted octanol–water partition coefficient (Wildman–Crippen LogP) is 1.77. The van der Waals surface area contributed by atoms with Gasteiger partial charge in [0, 0.05) is 10.4 Å². The Balaban J connectivity index is 2.26. The Hall–Kier alpha value is -2.15. The predicted molar refractivity (Wildman–Crippen MR) is 74.4 cm³/mol. The number of carboxylic acid groups (broad SMARTS) is 2. The highest BCUT2D eigenvalue weighted by molar-refractivity contribution is 7.16. The first-order chi connectivity index (χ1) is 9.59. The molecule has 0 aromatic carbocycles. The molecule has 0 unspecified atom stereocenters. The molecular weight excluding hydrogens is 280 g/mol. The van der Waals surface area contributed by atoms with Crippen LogP contribution in [-0.2, 0) is 22.4 Å². The normalized spacial score (nSPS) is 16.1. The van der Waals surface area contributed by atoms with Gasteiger partial charge in [-0.15, -0.1) is 11.3 Å². The van der Waals surface area contributed by atoms with Crippen molar-refractivity contribution in [1.82, 2.24) is 5.32 Å². The Morgan fingerprint density at radius 1 is 1.20 bits per heavy atom. The number of carbonyl (C=O) groups is 2. The van der Waals surface area contributed by atoms with E-state index in [9.17, 15) is 9.59 Å². The third-order valence-corrected chi connectivity index (χ3v) is 4.67. The van der Waals surface area contributed by atoms with Gasteiger partial charge in [0.15, 0.2) is 5.57 Å². The van der Waals surface area contributed by atoms with E-state index >= 15 is 0 Å². The van der Waals surface area contributed by atoms with Crippen LogP contribution in [0.2, 0.25) is 0 Å². The summed E-state index contributed by atoms with van der Waals surface area (Å²) in [5.74, 6) is -2.89. The molecule has 0 saturated carbocycles. The fraction of sp³-hybridized carbons (Fsp3) is 0.308. The van der Waals surface area contributed by atoms with Crippen molar-refractivity contribution in [1.29, 1.82) is 0 Å². The van der Waals surface area contributed by atoms with E-state index in [2.05, 4.69) is 10.3 Å². The van der Waals surface area contributed by atoms with E-state index in [1.807, 2.05) is 0 Å². The number of aliphatic imine (C=N–C) groups is 1. The summed E-state index contributed by atoms with van der Waals surface area (Å²) < 4.78 is 0. The number of fused-ring (bicyclic) bond motifs is 3. The summed E-state index contributed by atoms with van der Waals surface area (Å²) in [7, 11) is 0. The molecule has 7 heteroatoms. The molecule has 0 amide bonds. The molecule has 3 rings (SSSR count). The minimum atomic E-state index is -1.45. The number of hydrogen-bond acceptors (Lipinski definition) is 5. The van der Waals surface area contributed by atoms with Crippen LogP contribution in [0.5, 0.6) is 0 Å². The van der Waals surface area contributed by atoms with Crippen LogP contribution in [-0.4, -0.2) is 28.5 Å². The molecule has 2 aliphatic rings. The Bertz CT molecular complexity index is 656. The number of nitrogens with one attached hydrogen (secondary N) is 1. The highest BCUT2D eigenvalue weighted by Gasteiger charge is 2.31. The summed E-state index contributed by atoms with van der Waals surface area (Å²) in [6.45, 7) is 0. The third kappa shape index (κ3) is 1.90. The monoisotopic (exact) mass is 292 g/mol. The summed E-state index contributed by atoms with van der Waals surface area (Å²) in [4.78, 5) is 27.8. The zero-order valence-corrected chi connectivity index (χ0v) is 11.3. The van der Waals surface area contributed by atoms with E-state index in [0.717, 1.165) is 31.2 Å². The number of carboxylic acids is 2. The van der Waals surface area contributed by atoms with Gasteiger partial charge in [-0.05, 0) is 31.2 Å². The molecule has 6 nitrogen and oxygen atoms in total. The Morgan fingerprint density at radius 3 is 2.60 bits per heavy atom. The fourth-order valence-electron chi connectivity index (χ4n) is 2.63. The molecule has 0 spiro atoms. The zero-order chi connectivity index (χ0) is 14.3. The van der Waals surface area contributed by atoms with Crippen LogP contribution in [0.15, 0.2) is 10.6 Å². The SMILES string of the molecule is O=C(O)C(C(=O)O)=C1NC=Nc2sc3c(c21)CCCC3. The minimum absolute atomic E-state index is 0.148. The largest absolute Gasteiger partial charge is 0.477 e. The van der Waals surface area contributed by atoms with Gasteiger partial charge in [0.05, 0.1) is 12.0 Å². The summed E-state index contributed by atoms with van der Waals surface area (Å²) in [5, 5.41) is 21.7. The van der Waals surface area contributed by atoms with Gasteiger partial charge in [-0.2, -0.15) is 0 Å². The van der Waals surface area contributed by atoms with Gasteiger partial charge in [-0.1, -0.05) is 0 Å². The molecule has 0 fully saturated rings. The number of aryl methyl sites for hydroxylation is 1. The third-order valence-electron chi connectivity index (χ3n) is 3.47. The molecule has 104 valence electrons. The van der Waals surface area contributed by atoms with E-state index in [0.29, 0.717) is 10.6 Å². The smallest absolute Gasteiger partial charge is 0.345 e. The van der Waals surface area contributed by atoms with Crippen LogP contribution >= 0.6 is 11.3 Å². The number of hydrogen-bond donors (Lipinski definition) is 3. The molecule has 1 aromatic heterocycles. The topological polar surface area (TPSA) is 99.0 Å². The maximum atomic E-state index is 11.2. The van der Waals surface area contributed by atoms with Gasteiger partial charge in [0.2, 0.25) is 0 Å². The summed E-state index contributed by atoms with van der Waals surface area (Å²) >= 11 is 1.52. The molecule has 3 N–H and O–H groups in total. The van der Waals surface area contributed by atoms with E-state index in [1.54, 1.807) is 0 Å². The van der Waals surface area contributed by atoms with Crippen molar-refractivity contribution in [3.8, 4) is 0 Å². The van der Waals surface area contributed by atoms with Crippen LogP contribution < -0.4 is 5.32 Å². The zero-order valence-electron chi connectivity index (χ0n) is 10.5. The standard InChI is InChI=1S/C13H12N2O4S/c16-12(17)9(13(18)19)10-8-6-3-1-2-4-7(6)20-11(8)15-5-14-10/h5H,1-4H2,(H,14,15)(H,16,17)(H,18,19). The average Bonchev–Trinajstić information content (AvgIpc) is 2.77. The maximum Gasteiger partial charge on any atom is 0.345 e. The lowest BCUT2D eigenvalue weighted by Gasteiger charge is -2.17.